The molecular weight excluding hydrogens is 292 g/mol. The molecule has 2 aromatic rings. The van der Waals surface area contributed by atoms with E-state index in [9.17, 15) is 8.42 Å². The van der Waals surface area contributed by atoms with Gasteiger partial charge in [-0.3, -0.25) is 4.72 Å². The van der Waals surface area contributed by atoms with Crippen molar-refractivity contribution < 1.29 is 8.42 Å². The summed E-state index contributed by atoms with van der Waals surface area (Å²) in [6.45, 7) is 4.40. The summed E-state index contributed by atoms with van der Waals surface area (Å²) < 4.78 is 27.6. The molecular formula is C14H18N2O2S2. The number of hydrogen-bond donors (Lipinski definition) is 2. The zero-order valence-corrected chi connectivity index (χ0v) is 13.1. The van der Waals surface area contributed by atoms with Crippen LogP contribution >= 0.6 is 11.3 Å². The van der Waals surface area contributed by atoms with Crippen LogP contribution in [0.25, 0.3) is 0 Å². The first-order chi connectivity index (χ1) is 9.40. The standard InChI is InChI=1S/C14H18N2O2S2/c1-10-7-11(2)9-12(8-10)16-20(17,18)14-4-3-13(19-14)5-6-15/h3-4,7-9,16H,5-6,15H2,1-2H3. The van der Waals surface area contributed by atoms with Crippen LogP contribution in [0.3, 0.4) is 0 Å². The Morgan fingerprint density at radius 3 is 2.40 bits per heavy atom. The Hall–Kier alpha value is -1.37. The lowest BCUT2D eigenvalue weighted by molar-refractivity contribution is 0.603. The number of hydrogen-bond acceptors (Lipinski definition) is 4. The summed E-state index contributed by atoms with van der Waals surface area (Å²) in [4.78, 5) is 0.980. The number of rotatable bonds is 5. The Balaban J connectivity index is 2.25. The van der Waals surface area contributed by atoms with Gasteiger partial charge < -0.3 is 5.73 Å². The van der Waals surface area contributed by atoms with E-state index >= 15 is 0 Å². The van der Waals surface area contributed by atoms with E-state index in [0.29, 0.717) is 22.9 Å². The quantitative estimate of drug-likeness (QED) is 0.892. The summed E-state index contributed by atoms with van der Waals surface area (Å²) in [5.74, 6) is 0. The molecule has 0 aliphatic rings. The average Bonchev–Trinajstić information content (AvgIpc) is 2.76. The van der Waals surface area contributed by atoms with Gasteiger partial charge in [-0.05, 0) is 62.2 Å². The van der Waals surface area contributed by atoms with Gasteiger partial charge in [-0.15, -0.1) is 11.3 Å². The highest BCUT2D eigenvalue weighted by Crippen LogP contribution is 2.25. The molecule has 6 heteroatoms. The summed E-state index contributed by atoms with van der Waals surface area (Å²) >= 11 is 1.26. The van der Waals surface area contributed by atoms with E-state index in [1.165, 1.54) is 11.3 Å². The SMILES string of the molecule is Cc1cc(C)cc(NS(=O)(=O)c2ccc(CCN)s2)c1. The number of anilines is 1. The fourth-order valence-corrected chi connectivity index (χ4v) is 4.43. The van der Waals surface area contributed by atoms with Crippen molar-refractivity contribution in [1.82, 2.24) is 0 Å². The molecule has 0 radical (unpaired) electrons. The van der Waals surface area contributed by atoms with Crippen LogP contribution in [-0.4, -0.2) is 15.0 Å². The molecule has 0 saturated heterocycles. The molecule has 0 saturated carbocycles. The molecule has 3 N–H and O–H groups in total. The normalized spacial score (nSPS) is 11.6. The van der Waals surface area contributed by atoms with Gasteiger partial charge in [0.1, 0.15) is 4.21 Å². The number of sulfonamides is 1. The smallest absolute Gasteiger partial charge is 0.271 e. The molecule has 0 bridgehead atoms. The average molecular weight is 310 g/mol. The molecule has 4 nitrogen and oxygen atoms in total. The van der Waals surface area contributed by atoms with Gasteiger partial charge in [-0.25, -0.2) is 8.42 Å². The van der Waals surface area contributed by atoms with E-state index in [4.69, 9.17) is 5.73 Å². The first-order valence-electron chi connectivity index (χ1n) is 6.30. The zero-order valence-electron chi connectivity index (χ0n) is 11.5. The number of benzene rings is 1. The molecule has 1 heterocycles. The third-order valence-corrected chi connectivity index (χ3v) is 5.78. The maximum Gasteiger partial charge on any atom is 0.271 e. The molecule has 0 spiro atoms. The Morgan fingerprint density at radius 1 is 1.15 bits per heavy atom. The van der Waals surface area contributed by atoms with E-state index in [-0.39, 0.29) is 0 Å². The fourth-order valence-electron chi connectivity index (χ4n) is 2.02. The van der Waals surface area contributed by atoms with Crippen molar-refractivity contribution >= 4 is 27.0 Å². The van der Waals surface area contributed by atoms with Crippen LogP contribution in [0.5, 0.6) is 0 Å². The number of nitrogens with two attached hydrogens (primary N) is 1. The second kappa shape index (κ2) is 5.95. The summed E-state index contributed by atoms with van der Waals surface area (Å²) in [6.07, 6.45) is 0.698. The van der Waals surface area contributed by atoms with Crippen LogP contribution in [0.2, 0.25) is 0 Å². The molecule has 0 amide bonds. The Bertz CT molecular complexity index is 685. The predicted octanol–water partition coefficient (Wildman–Crippen LogP) is 2.67. The van der Waals surface area contributed by atoms with Gasteiger partial charge >= 0.3 is 0 Å². The first kappa shape index (κ1) is 15.0. The van der Waals surface area contributed by atoms with Crippen molar-refractivity contribution in [1.29, 1.82) is 0 Å². The highest BCUT2D eigenvalue weighted by Gasteiger charge is 2.17. The van der Waals surface area contributed by atoms with Crippen LogP contribution in [0.4, 0.5) is 5.69 Å². The number of nitrogens with one attached hydrogen (secondary N) is 1. The van der Waals surface area contributed by atoms with E-state index in [1.807, 2.05) is 38.1 Å². The highest BCUT2D eigenvalue weighted by molar-refractivity contribution is 7.94. The molecule has 0 aliphatic carbocycles. The van der Waals surface area contributed by atoms with E-state index in [2.05, 4.69) is 4.72 Å². The third-order valence-electron chi connectivity index (χ3n) is 2.77. The molecule has 1 aromatic carbocycles. The van der Waals surface area contributed by atoms with Crippen molar-refractivity contribution in [2.24, 2.45) is 5.73 Å². The van der Waals surface area contributed by atoms with Crippen LogP contribution < -0.4 is 10.5 Å². The Kier molecular flexibility index (Phi) is 4.47. The topological polar surface area (TPSA) is 72.2 Å². The molecule has 0 aliphatic heterocycles. The molecule has 1 aromatic heterocycles. The fraction of sp³-hybridized carbons (Fsp3) is 0.286. The lowest BCUT2D eigenvalue weighted by Crippen LogP contribution is -2.11. The zero-order chi connectivity index (χ0) is 14.8. The minimum atomic E-state index is -3.52. The summed E-state index contributed by atoms with van der Waals surface area (Å²) in [5, 5.41) is 0. The Labute approximate surface area is 123 Å². The maximum atomic E-state index is 12.3. The van der Waals surface area contributed by atoms with Crippen molar-refractivity contribution in [3.05, 3.63) is 46.3 Å². The van der Waals surface area contributed by atoms with Gasteiger partial charge in [-0.1, -0.05) is 6.07 Å². The van der Waals surface area contributed by atoms with Gasteiger partial charge in [-0.2, -0.15) is 0 Å². The van der Waals surface area contributed by atoms with Gasteiger partial charge in [0.05, 0.1) is 0 Å². The monoisotopic (exact) mass is 310 g/mol. The lowest BCUT2D eigenvalue weighted by Gasteiger charge is -2.08. The number of thiophene rings is 1. The molecule has 20 heavy (non-hydrogen) atoms. The predicted molar refractivity (Wildman–Crippen MR) is 83.8 cm³/mol. The van der Waals surface area contributed by atoms with E-state index in [0.717, 1.165) is 16.0 Å². The minimum absolute atomic E-state index is 0.320. The largest absolute Gasteiger partial charge is 0.330 e. The molecule has 108 valence electrons. The molecule has 0 atom stereocenters. The Morgan fingerprint density at radius 2 is 1.80 bits per heavy atom. The second-order valence-corrected chi connectivity index (χ2v) is 7.82. The van der Waals surface area contributed by atoms with Crippen molar-refractivity contribution in [3.8, 4) is 0 Å². The minimum Gasteiger partial charge on any atom is -0.330 e. The summed E-state index contributed by atoms with van der Waals surface area (Å²) in [6, 6.07) is 9.08. The van der Waals surface area contributed by atoms with Crippen LogP contribution in [0, 0.1) is 13.8 Å². The lowest BCUT2D eigenvalue weighted by atomic mass is 10.1. The van der Waals surface area contributed by atoms with Crippen molar-refractivity contribution in [3.63, 3.8) is 0 Å². The van der Waals surface area contributed by atoms with Gasteiger partial charge in [0, 0.05) is 10.6 Å². The van der Waals surface area contributed by atoms with E-state index < -0.39 is 10.0 Å². The summed E-state index contributed by atoms with van der Waals surface area (Å²) in [5.41, 5.74) is 8.12. The van der Waals surface area contributed by atoms with Crippen LogP contribution in [-0.2, 0) is 16.4 Å². The third kappa shape index (κ3) is 3.59. The molecule has 2 rings (SSSR count). The molecule has 0 unspecified atom stereocenters. The van der Waals surface area contributed by atoms with Gasteiger partial charge in [0.15, 0.2) is 0 Å². The van der Waals surface area contributed by atoms with Crippen LogP contribution in [0.1, 0.15) is 16.0 Å². The number of aryl methyl sites for hydroxylation is 2. The second-order valence-electron chi connectivity index (χ2n) is 4.74. The first-order valence-corrected chi connectivity index (χ1v) is 8.60. The molecule has 0 fully saturated rings. The van der Waals surface area contributed by atoms with Gasteiger partial charge in [0.2, 0.25) is 0 Å². The van der Waals surface area contributed by atoms with Crippen molar-refractivity contribution in [2.75, 3.05) is 11.3 Å². The highest BCUT2D eigenvalue weighted by atomic mass is 32.2. The van der Waals surface area contributed by atoms with Crippen LogP contribution in [0.15, 0.2) is 34.5 Å². The van der Waals surface area contributed by atoms with Crippen molar-refractivity contribution in [2.45, 2.75) is 24.5 Å². The maximum absolute atomic E-state index is 12.3. The summed E-state index contributed by atoms with van der Waals surface area (Å²) in [7, 11) is -3.52. The van der Waals surface area contributed by atoms with E-state index in [1.54, 1.807) is 6.07 Å². The van der Waals surface area contributed by atoms with Gasteiger partial charge in [0.25, 0.3) is 10.0 Å².